The smallest absolute Gasteiger partial charge is 0.193 e. The molecule has 0 saturated carbocycles. The molecule has 0 bridgehead atoms. The number of phenols is 1. The van der Waals surface area contributed by atoms with Gasteiger partial charge in [-0.25, -0.2) is 0 Å². The summed E-state index contributed by atoms with van der Waals surface area (Å²) in [6.07, 6.45) is 2.11. The Morgan fingerprint density at radius 2 is 1.89 bits per heavy atom. The lowest BCUT2D eigenvalue weighted by atomic mass is 10.1. The van der Waals surface area contributed by atoms with Crippen molar-refractivity contribution in [2.75, 3.05) is 27.2 Å². The first-order chi connectivity index (χ1) is 13.2. The molecule has 6 heteroatoms. The standard InChI is InChI=1S/C21H27N3O3/c1-22-21(23-15-16-14-19(26-2)8-9-20(16)25)24-12-10-18(11-13-24)27-17-6-4-3-5-7-17/h3-9,14,18,25H,10-13,15H2,1-2H3,(H,22,23). The van der Waals surface area contributed by atoms with E-state index in [1.54, 1.807) is 26.3 Å². The molecule has 0 aromatic heterocycles. The van der Waals surface area contributed by atoms with Crippen LogP contribution >= 0.6 is 0 Å². The number of aliphatic imine (C=N–C) groups is 1. The fourth-order valence-electron chi connectivity index (χ4n) is 3.21. The summed E-state index contributed by atoms with van der Waals surface area (Å²) in [5.41, 5.74) is 0.776. The van der Waals surface area contributed by atoms with Crippen LogP contribution in [0.15, 0.2) is 53.5 Å². The molecular formula is C21H27N3O3. The van der Waals surface area contributed by atoms with Crippen LogP contribution in [0.3, 0.4) is 0 Å². The molecule has 1 aliphatic heterocycles. The second-order valence-electron chi connectivity index (χ2n) is 6.51. The lowest BCUT2D eigenvalue weighted by Gasteiger charge is -2.34. The number of hydrogen-bond acceptors (Lipinski definition) is 4. The number of nitrogens with zero attached hydrogens (tertiary/aromatic N) is 2. The van der Waals surface area contributed by atoms with Gasteiger partial charge in [0.05, 0.1) is 7.11 Å². The predicted molar refractivity (Wildman–Crippen MR) is 107 cm³/mol. The zero-order valence-electron chi connectivity index (χ0n) is 15.9. The van der Waals surface area contributed by atoms with Crippen molar-refractivity contribution in [2.24, 2.45) is 4.99 Å². The summed E-state index contributed by atoms with van der Waals surface area (Å²) >= 11 is 0. The summed E-state index contributed by atoms with van der Waals surface area (Å²) in [4.78, 5) is 6.61. The number of guanidine groups is 1. The van der Waals surface area contributed by atoms with Crippen LogP contribution in [0.5, 0.6) is 17.2 Å². The summed E-state index contributed by atoms with van der Waals surface area (Å²) in [6, 6.07) is 15.2. The normalized spacial score (nSPS) is 15.5. The first-order valence-electron chi connectivity index (χ1n) is 9.23. The summed E-state index contributed by atoms with van der Waals surface area (Å²) < 4.78 is 11.3. The minimum Gasteiger partial charge on any atom is -0.508 e. The second kappa shape index (κ2) is 9.16. The Bertz CT molecular complexity index is 757. The van der Waals surface area contributed by atoms with Crippen LogP contribution in [0.1, 0.15) is 18.4 Å². The Hall–Kier alpha value is -2.89. The summed E-state index contributed by atoms with van der Waals surface area (Å²) in [5, 5.41) is 13.4. The average molecular weight is 369 g/mol. The van der Waals surface area contributed by atoms with Crippen molar-refractivity contribution in [3.05, 3.63) is 54.1 Å². The van der Waals surface area contributed by atoms with Crippen molar-refractivity contribution in [1.82, 2.24) is 10.2 Å². The number of methoxy groups -OCH3 is 1. The number of aromatic hydroxyl groups is 1. The van der Waals surface area contributed by atoms with E-state index in [2.05, 4.69) is 15.2 Å². The quantitative estimate of drug-likeness (QED) is 0.626. The molecule has 27 heavy (non-hydrogen) atoms. The lowest BCUT2D eigenvalue weighted by Crippen LogP contribution is -2.47. The van der Waals surface area contributed by atoms with E-state index >= 15 is 0 Å². The maximum atomic E-state index is 10.0. The molecule has 0 radical (unpaired) electrons. The topological polar surface area (TPSA) is 66.3 Å². The highest BCUT2D eigenvalue weighted by atomic mass is 16.5. The lowest BCUT2D eigenvalue weighted by molar-refractivity contribution is 0.129. The number of phenolic OH excluding ortho intramolecular Hbond substituents is 1. The van der Waals surface area contributed by atoms with Gasteiger partial charge in [-0.15, -0.1) is 0 Å². The van der Waals surface area contributed by atoms with Gasteiger partial charge < -0.3 is 24.8 Å². The summed E-state index contributed by atoms with van der Waals surface area (Å²) in [5.74, 6) is 2.72. The van der Waals surface area contributed by atoms with Crippen LogP contribution in [0.4, 0.5) is 0 Å². The highest BCUT2D eigenvalue weighted by Gasteiger charge is 2.22. The molecular weight excluding hydrogens is 342 g/mol. The molecule has 2 aromatic rings. The molecule has 2 N–H and O–H groups in total. The Morgan fingerprint density at radius 1 is 1.15 bits per heavy atom. The van der Waals surface area contributed by atoms with Crippen molar-refractivity contribution >= 4 is 5.96 Å². The molecule has 1 heterocycles. The highest BCUT2D eigenvalue weighted by molar-refractivity contribution is 5.80. The summed E-state index contributed by atoms with van der Waals surface area (Å²) in [6.45, 7) is 2.23. The molecule has 2 aromatic carbocycles. The van der Waals surface area contributed by atoms with Gasteiger partial charge in [-0.05, 0) is 30.3 Å². The van der Waals surface area contributed by atoms with Crippen LogP contribution in [0.25, 0.3) is 0 Å². The van der Waals surface area contributed by atoms with Gasteiger partial charge in [0.2, 0.25) is 0 Å². The number of piperidine rings is 1. The molecule has 0 unspecified atom stereocenters. The third-order valence-corrected chi connectivity index (χ3v) is 4.72. The molecule has 0 amide bonds. The predicted octanol–water partition coefficient (Wildman–Crippen LogP) is 3.02. The minimum atomic E-state index is 0.226. The van der Waals surface area contributed by atoms with E-state index in [0.717, 1.165) is 49.0 Å². The Kier molecular flexibility index (Phi) is 6.41. The van der Waals surface area contributed by atoms with Crippen LogP contribution in [0.2, 0.25) is 0 Å². The van der Waals surface area contributed by atoms with Gasteiger partial charge in [-0.1, -0.05) is 18.2 Å². The first kappa shape index (κ1) is 18.9. The van der Waals surface area contributed by atoms with Gasteiger partial charge >= 0.3 is 0 Å². The largest absolute Gasteiger partial charge is 0.508 e. The van der Waals surface area contributed by atoms with Gasteiger partial charge in [0.1, 0.15) is 23.4 Å². The molecule has 6 nitrogen and oxygen atoms in total. The summed E-state index contributed by atoms with van der Waals surface area (Å²) in [7, 11) is 3.39. The Morgan fingerprint density at radius 3 is 2.56 bits per heavy atom. The molecule has 3 rings (SSSR count). The molecule has 0 aliphatic carbocycles. The van der Waals surface area contributed by atoms with E-state index in [-0.39, 0.29) is 11.9 Å². The van der Waals surface area contributed by atoms with Crippen molar-refractivity contribution in [3.8, 4) is 17.2 Å². The molecule has 1 fully saturated rings. The van der Waals surface area contributed by atoms with Gasteiger partial charge in [-0.2, -0.15) is 0 Å². The van der Waals surface area contributed by atoms with Gasteiger partial charge in [-0.3, -0.25) is 4.99 Å². The number of hydrogen-bond donors (Lipinski definition) is 2. The zero-order chi connectivity index (χ0) is 19.1. The molecule has 0 spiro atoms. The Labute approximate surface area is 160 Å². The van der Waals surface area contributed by atoms with E-state index < -0.39 is 0 Å². The number of likely N-dealkylation sites (tertiary alicyclic amines) is 1. The second-order valence-corrected chi connectivity index (χ2v) is 6.51. The van der Waals surface area contributed by atoms with Crippen molar-refractivity contribution < 1.29 is 14.6 Å². The minimum absolute atomic E-state index is 0.226. The first-order valence-corrected chi connectivity index (χ1v) is 9.23. The van der Waals surface area contributed by atoms with Crippen LogP contribution in [-0.4, -0.2) is 49.3 Å². The van der Waals surface area contributed by atoms with E-state index in [1.807, 2.05) is 36.4 Å². The van der Waals surface area contributed by atoms with Crippen LogP contribution in [-0.2, 0) is 6.54 Å². The fourth-order valence-corrected chi connectivity index (χ4v) is 3.21. The molecule has 0 atom stereocenters. The number of ether oxygens (including phenoxy) is 2. The SMILES string of the molecule is CN=C(NCc1cc(OC)ccc1O)N1CCC(Oc2ccccc2)CC1. The third-order valence-electron chi connectivity index (χ3n) is 4.72. The maximum absolute atomic E-state index is 10.0. The highest BCUT2D eigenvalue weighted by Crippen LogP contribution is 2.23. The van der Waals surface area contributed by atoms with Gasteiger partial charge in [0.15, 0.2) is 5.96 Å². The monoisotopic (exact) mass is 369 g/mol. The molecule has 1 saturated heterocycles. The number of nitrogens with one attached hydrogen (secondary N) is 1. The Balaban J connectivity index is 1.52. The van der Waals surface area contributed by atoms with Crippen molar-refractivity contribution in [1.29, 1.82) is 0 Å². The third kappa shape index (κ3) is 5.06. The average Bonchev–Trinajstić information content (AvgIpc) is 2.71. The van der Waals surface area contributed by atoms with Gasteiger partial charge in [0, 0.05) is 45.1 Å². The number of para-hydroxylation sites is 1. The number of rotatable bonds is 5. The van der Waals surface area contributed by atoms with E-state index in [4.69, 9.17) is 9.47 Å². The molecule has 1 aliphatic rings. The fraction of sp³-hybridized carbons (Fsp3) is 0.381. The molecule has 144 valence electrons. The van der Waals surface area contributed by atoms with Crippen molar-refractivity contribution in [3.63, 3.8) is 0 Å². The number of benzene rings is 2. The van der Waals surface area contributed by atoms with Gasteiger partial charge in [0.25, 0.3) is 0 Å². The van der Waals surface area contributed by atoms with Crippen molar-refractivity contribution in [2.45, 2.75) is 25.5 Å². The van der Waals surface area contributed by atoms with E-state index in [0.29, 0.717) is 6.54 Å². The van der Waals surface area contributed by atoms with Crippen LogP contribution < -0.4 is 14.8 Å². The maximum Gasteiger partial charge on any atom is 0.193 e. The van der Waals surface area contributed by atoms with Crippen LogP contribution in [0, 0.1) is 0 Å². The van der Waals surface area contributed by atoms with E-state index in [1.165, 1.54) is 0 Å². The van der Waals surface area contributed by atoms with E-state index in [9.17, 15) is 5.11 Å². The zero-order valence-corrected chi connectivity index (χ0v) is 15.9.